The van der Waals surface area contributed by atoms with Gasteiger partial charge in [-0.2, -0.15) is 5.26 Å². The summed E-state index contributed by atoms with van der Waals surface area (Å²) in [5, 5.41) is 9.35. The highest BCUT2D eigenvalue weighted by Gasteiger charge is 2.50. The lowest BCUT2D eigenvalue weighted by molar-refractivity contribution is -0.0478. The van der Waals surface area contributed by atoms with Crippen LogP contribution >= 0.6 is 0 Å². The molecule has 3 fully saturated rings. The summed E-state index contributed by atoms with van der Waals surface area (Å²) in [6.45, 7) is 2.74. The molecule has 0 amide bonds. The van der Waals surface area contributed by atoms with Crippen LogP contribution in [0.5, 0.6) is 0 Å². The van der Waals surface area contributed by atoms with E-state index in [1.54, 1.807) is 4.31 Å². The van der Waals surface area contributed by atoms with Crippen molar-refractivity contribution in [3.8, 4) is 6.07 Å². The summed E-state index contributed by atoms with van der Waals surface area (Å²) in [5.41, 5.74) is -0.474. The molecular weight excluding hydrogens is 276 g/mol. The van der Waals surface area contributed by atoms with Gasteiger partial charge in [-0.3, -0.25) is 0 Å². The van der Waals surface area contributed by atoms with Crippen molar-refractivity contribution in [3.63, 3.8) is 0 Å². The molecule has 0 atom stereocenters. The lowest BCUT2D eigenvalue weighted by Gasteiger charge is -2.51. The van der Waals surface area contributed by atoms with Crippen molar-refractivity contribution in [3.05, 3.63) is 0 Å². The maximum absolute atomic E-state index is 12.5. The molecule has 2 aliphatic heterocycles. The molecule has 5 nitrogen and oxygen atoms in total. The number of ether oxygens (including phenoxy) is 1. The van der Waals surface area contributed by atoms with Crippen LogP contribution < -0.4 is 0 Å². The molecule has 1 aliphatic carbocycles. The Labute approximate surface area is 120 Å². The standard InChI is InChI=1S/C14H22N2O3S/c15-9-13(3-1-2-4-13)12-20(17,18)16-10-14(11-16)5-7-19-8-6-14/h1-8,10-12H2. The first-order chi connectivity index (χ1) is 9.49. The molecule has 3 rings (SSSR count). The summed E-state index contributed by atoms with van der Waals surface area (Å²) in [7, 11) is -3.28. The molecule has 0 aromatic rings. The van der Waals surface area contributed by atoms with Gasteiger partial charge in [0.1, 0.15) is 0 Å². The molecular formula is C14H22N2O3S. The fourth-order valence-corrected chi connectivity index (χ4v) is 5.98. The third-order valence-electron chi connectivity index (χ3n) is 5.23. The Balaban J connectivity index is 1.64. The second-order valence-electron chi connectivity index (χ2n) is 6.74. The highest BCUT2D eigenvalue weighted by atomic mass is 32.2. The van der Waals surface area contributed by atoms with Gasteiger partial charge in [0, 0.05) is 31.7 Å². The summed E-state index contributed by atoms with van der Waals surface area (Å²) >= 11 is 0. The molecule has 20 heavy (non-hydrogen) atoms. The van der Waals surface area contributed by atoms with E-state index in [2.05, 4.69) is 6.07 Å². The van der Waals surface area contributed by atoms with Gasteiger partial charge < -0.3 is 4.74 Å². The highest BCUT2D eigenvalue weighted by Crippen LogP contribution is 2.44. The predicted molar refractivity (Wildman–Crippen MR) is 74.4 cm³/mol. The third kappa shape index (κ3) is 2.47. The Kier molecular flexibility index (Phi) is 3.56. The molecule has 0 bridgehead atoms. The van der Waals surface area contributed by atoms with Gasteiger partial charge >= 0.3 is 0 Å². The topological polar surface area (TPSA) is 70.4 Å². The van der Waals surface area contributed by atoms with Crippen molar-refractivity contribution in [1.29, 1.82) is 5.26 Å². The van der Waals surface area contributed by atoms with Gasteiger partial charge in [-0.15, -0.1) is 0 Å². The highest BCUT2D eigenvalue weighted by molar-refractivity contribution is 7.89. The van der Waals surface area contributed by atoms with Crippen LogP contribution in [0.3, 0.4) is 0 Å². The van der Waals surface area contributed by atoms with Crippen LogP contribution in [-0.4, -0.2) is 44.8 Å². The van der Waals surface area contributed by atoms with Crippen LogP contribution in [-0.2, 0) is 14.8 Å². The lowest BCUT2D eigenvalue weighted by Crippen LogP contribution is -2.61. The lowest BCUT2D eigenvalue weighted by atomic mass is 9.75. The minimum Gasteiger partial charge on any atom is -0.381 e. The van der Waals surface area contributed by atoms with Crippen molar-refractivity contribution in [2.75, 3.05) is 32.1 Å². The maximum atomic E-state index is 12.5. The molecule has 0 N–H and O–H groups in total. The Morgan fingerprint density at radius 3 is 2.25 bits per heavy atom. The first-order valence-electron chi connectivity index (χ1n) is 7.46. The zero-order valence-electron chi connectivity index (χ0n) is 11.8. The predicted octanol–water partition coefficient (Wildman–Crippen LogP) is 1.51. The van der Waals surface area contributed by atoms with Crippen LogP contribution in [0.2, 0.25) is 0 Å². The van der Waals surface area contributed by atoms with Crippen LogP contribution in [0.25, 0.3) is 0 Å². The molecule has 0 radical (unpaired) electrons. The summed E-state index contributed by atoms with van der Waals surface area (Å²) in [6.07, 6.45) is 5.34. The maximum Gasteiger partial charge on any atom is 0.215 e. The van der Waals surface area contributed by atoms with Crippen molar-refractivity contribution in [2.24, 2.45) is 10.8 Å². The van der Waals surface area contributed by atoms with E-state index in [0.29, 0.717) is 13.1 Å². The van der Waals surface area contributed by atoms with Crippen molar-refractivity contribution >= 4 is 10.0 Å². The average molecular weight is 298 g/mol. The third-order valence-corrected chi connectivity index (χ3v) is 7.19. The van der Waals surface area contributed by atoms with Gasteiger partial charge in [0.2, 0.25) is 10.0 Å². The van der Waals surface area contributed by atoms with Crippen molar-refractivity contribution < 1.29 is 13.2 Å². The molecule has 3 aliphatic rings. The molecule has 112 valence electrons. The van der Waals surface area contributed by atoms with E-state index in [4.69, 9.17) is 4.74 Å². The second-order valence-corrected chi connectivity index (χ2v) is 8.70. The zero-order chi connectivity index (χ0) is 14.3. The SMILES string of the molecule is N#CC1(CS(=O)(=O)N2CC3(CCOCC3)C2)CCCC1. The zero-order valence-corrected chi connectivity index (χ0v) is 12.6. The van der Waals surface area contributed by atoms with Crippen LogP contribution in [0.15, 0.2) is 0 Å². The van der Waals surface area contributed by atoms with Gasteiger partial charge in [0.05, 0.1) is 17.2 Å². The number of nitrogens with zero attached hydrogens (tertiary/aromatic N) is 2. The number of hydrogen-bond acceptors (Lipinski definition) is 4. The molecule has 6 heteroatoms. The van der Waals surface area contributed by atoms with Crippen molar-refractivity contribution in [1.82, 2.24) is 4.31 Å². The molecule has 0 aromatic carbocycles. The van der Waals surface area contributed by atoms with E-state index >= 15 is 0 Å². The van der Waals surface area contributed by atoms with Crippen LogP contribution in [0, 0.1) is 22.2 Å². The molecule has 1 spiro atoms. The number of nitriles is 1. The summed E-state index contributed by atoms with van der Waals surface area (Å²) in [6, 6.07) is 2.28. The Morgan fingerprint density at radius 1 is 1.10 bits per heavy atom. The summed E-state index contributed by atoms with van der Waals surface area (Å²) in [4.78, 5) is 0. The number of rotatable bonds is 3. The monoisotopic (exact) mass is 298 g/mol. The molecule has 0 aromatic heterocycles. The van der Waals surface area contributed by atoms with Gasteiger partial charge in [-0.1, -0.05) is 12.8 Å². The Hall–Kier alpha value is -0.640. The van der Waals surface area contributed by atoms with E-state index in [9.17, 15) is 13.7 Å². The smallest absolute Gasteiger partial charge is 0.215 e. The largest absolute Gasteiger partial charge is 0.381 e. The fraction of sp³-hybridized carbons (Fsp3) is 0.929. The molecule has 0 unspecified atom stereocenters. The van der Waals surface area contributed by atoms with Gasteiger partial charge in [0.15, 0.2) is 0 Å². The Morgan fingerprint density at radius 2 is 1.70 bits per heavy atom. The van der Waals surface area contributed by atoms with Gasteiger partial charge in [-0.05, 0) is 25.7 Å². The number of hydrogen-bond donors (Lipinski definition) is 0. The Bertz CT molecular complexity index is 503. The molecule has 2 saturated heterocycles. The molecule has 1 saturated carbocycles. The summed E-state index contributed by atoms with van der Waals surface area (Å²) in [5.74, 6) is 0.0169. The first-order valence-corrected chi connectivity index (χ1v) is 9.07. The van der Waals surface area contributed by atoms with Crippen molar-refractivity contribution in [2.45, 2.75) is 38.5 Å². The van der Waals surface area contributed by atoms with Gasteiger partial charge in [-0.25, -0.2) is 12.7 Å². The average Bonchev–Trinajstić information content (AvgIpc) is 2.85. The fourth-order valence-electron chi connectivity index (χ4n) is 3.80. The number of sulfonamides is 1. The van der Waals surface area contributed by atoms with Gasteiger partial charge in [0.25, 0.3) is 0 Å². The first kappa shape index (κ1) is 14.3. The minimum atomic E-state index is -3.28. The van der Waals surface area contributed by atoms with E-state index in [0.717, 1.165) is 51.7 Å². The van der Waals surface area contributed by atoms with E-state index < -0.39 is 15.4 Å². The summed E-state index contributed by atoms with van der Waals surface area (Å²) < 4.78 is 31.9. The minimum absolute atomic E-state index is 0.0169. The molecule has 2 heterocycles. The second kappa shape index (κ2) is 4.97. The van der Waals surface area contributed by atoms with E-state index in [1.807, 2.05) is 0 Å². The van der Waals surface area contributed by atoms with Crippen LogP contribution in [0.4, 0.5) is 0 Å². The van der Waals surface area contributed by atoms with Crippen LogP contribution in [0.1, 0.15) is 38.5 Å². The quantitative estimate of drug-likeness (QED) is 0.792. The van der Waals surface area contributed by atoms with E-state index in [-0.39, 0.29) is 11.2 Å². The van der Waals surface area contributed by atoms with E-state index in [1.165, 1.54) is 0 Å². The normalized spacial score (nSPS) is 28.9.